The maximum atomic E-state index is 13.9. The number of nitrogens with zero attached hydrogens (tertiary/aromatic N) is 2. The Morgan fingerprint density at radius 1 is 1.06 bits per heavy atom. The van der Waals surface area contributed by atoms with Crippen molar-refractivity contribution in [3.63, 3.8) is 0 Å². The number of aryl methyl sites for hydroxylation is 1. The molecule has 1 aromatic heterocycles. The minimum absolute atomic E-state index is 0.203. The first-order valence-electron chi connectivity index (χ1n) is 11.1. The van der Waals surface area contributed by atoms with Crippen molar-refractivity contribution in [2.24, 2.45) is 0 Å². The highest BCUT2D eigenvalue weighted by Crippen LogP contribution is 2.37. The molecule has 2 aromatic carbocycles. The van der Waals surface area contributed by atoms with Crippen LogP contribution in [0.4, 0.5) is 0 Å². The van der Waals surface area contributed by atoms with Crippen LogP contribution in [0.25, 0.3) is 17.0 Å². The molecule has 3 aromatic rings. The highest BCUT2D eigenvalue weighted by Gasteiger charge is 2.44. The average molecular weight is 479 g/mol. The third kappa shape index (κ3) is 3.28. The zero-order valence-electron chi connectivity index (χ0n) is 19.3. The lowest BCUT2D eigenvalue weighted by molar-refractivity contribution is -0.148. The van der Waals surface area contributed by atoms with Crippen LogP contribution in [0, 0.1) is 6.92 Å². The van der Waals surface area contributed by atoms with Gasteiger partial charge in [-0.2, -0.15) is 0 Å². The van der Waals surface area contributed by atoms with Crippen molar-refractivity contribution in [3.8, 4) is 5.75 Å². The van der Waals surface area contributed by atoms with Gasteiger partial charge in [-0.3, -0.25) is 4.90 Å². The molecule has 0 amide bonds. The van der Waals surface area contributed by atoms with Crippen LogP contribution in [-0.2, 0) is 26.0 Å². The van der Waals surface area contributed by atoms with Gasteiger partial charge in [0.1, 0.15) is 5.75 Å². The number of hydrogen-bond acceptors (Lipinski definition) is 6. The molecule has 0 saturated carbocycles. The Morgan fingerprint density at radius 3 is 2.53 bits per heavy atom. The number of benzene rings is 2. The molecule has 0 bridgehead atoms. The Kier molecular flexibility index (Phi) is 5.37. The fourth-order valence-corrected chi connectivity index (χ4v) is 6.43. The molecule has 0 aliphatic carbocycles. The summed E-state index contributed by atoms with van der Waals surface area (Å²) in [6, 6.07) is 12.2. The van der Waals surface area contributed by atoms with E-state index in [1.807, 2.05) is 30.0 Å². The molecule has 5 rings (SSSR count). The minimum atomic E-state index is -3.92. The van der Waals surface area contributed by atoms with Crippen LogP contribution in [0.15, 0.2) is 65.6 Å². The van der Waals surface area contributed by atoms with Gasteiger partial charge in [-0.1, -0.05) is 29.8 Å². The average Bonchev–Trinajstić information content (AvgIpc) is 3.37. The SMILES string of the molecule is COC(=O)C12C=CCN1CCc1c(n(S(=O)(=O)c3ccc(C)cc3)c3ccc(OC)cc13)/C=C\2. The number of aromatic nitrogens is 1. The fourth-order valence-electron chi connectivity index (χ4n) is 4.89. The van der Waals surface area contributed by atoms with Crippen LogP contribution in [-0.4, -0.2) is 56.1 Å². The van der Waals surface area contributed by atoms with E-state index in [1.54, 1.807) is 55.7 Å². The Morgan fingerprint density at radius 2 is 1.82 bits per heavy atom. The lowest BCUT2D eigenvalue weighted by Crippen LogP contribution is -2.50. The summed E-state index contributed by atoms with van der Waals surface area (Å²) in [4.78, 5) is 15.1. The van der Waals surface area contributed by atoms with Gasteiger partial charge in [0, 0.05) is 18.5 Å². The van der Waals surface area contributed by atoms with E-state index in [-0.39, 0.29) is 4.90 Å². The van der Waals surface area contributed by atoms with Crippen LogP contribution in [0.3, 0.4) is 0 Å². The van der Waals surface area contributed by atoms with Crippen LogP contribution in [0.1, 0.15) is 16.8 Å². The molecule has 2 aliphatic heterocycles. The number of ether oxygens (including phenoxy) is 2. The highest BCUT2D eigenvalue weighted by molar-refractivity contribution is 7.90. The largest absolute Gasteiger partial charge is 0.497 e. The minimum Gasteiger partial charge on any atom is -0.497 e. The monoisotopic (exact) mass is 478 g/mol. The van der Waals surface area contributed by atoms with Crippen molar-refractivity contribution >= 4 is 33.0 Å². The number of rotatable bonds is 4. The van der Waals surface area contributed by atoms with E-state index in [0.29, 0.717) is 36.5 Å². The molecule has 0 N–H and O–H groups in total. The lowest BCUT2D eigenvalue weighted by Gasteiger charge is -2.34. The number of hydrogen-bond donors (Lipinski definition) is 0. The number of esters is 1. The Balaban J connectivity index is 1.80. The molecule has 176 valence electrons. The standard InChI is InChI=1S/C26H26N2O5S/c1-18-5-8-20(9-6-18)34(30,31)28-23-10-7-19(32-2)17-22(23)21-12-16-27-15-4-13-26(27,25(29)33-3)14-11-24(21)28/h4-11,13-14,17H,12,15-16H2,1-3H3/b14-11-. The molecule has 0 spiro atoms. The summed E-state index contributed by atoms with van der Waals surface area (Å²) in [5, 5.41) is 0.812. The second-order valence-corrected chi connectivity index (χ2v) is 10.4. The van der Waals surface area contributed by atoms with Crippen molar-refractivity contribution in [2.75, 3.05) is 27.3 Å². The van der Waals surface area contributed by atoms with Crippen LogP contribution < -0.4 is 4.74 Å². The van der Waals surface area contributed by atoms with Crippen molar-refractivity contribution in [1.29, 1.82) is 0 Å². The van der Waals surface area contributed by atoms with Gasteiger partial charge in [-0.25, -0.2) is 17.2 Å². The molecule has 2 aliphatic rings. The molecular formula is C26H26N2O5S. The van der Waals surface area contributed by atoms with E-state index < -0.39 is 21.5 Å². The molecule has 0 radical (unpaired) electrons. The van der Waals surface area contributed by atoms with Crippen LogP contribution in [0.5, 0.6) is 5.75 Å². The van der Waals surface area contributed by atoms with Crippen molar-refractivity contribution in [2.45, 2.75) is 23.8 Å². The zero-order valence-corrected chi connectivity index (χ0v) is 20.1. The predicted molar refractivity (Wildman–Crippen MR) is 130 cm³/mol. The molecular weight excluding hydrogens is 452 g/mol. The molecule has 7 nitrogen and oxygen atoms in total. The summed E-state index contributed by atoms with van der Waals surface area (Å²) in [6.07, 6.45) is 7.81. The van der Waals surface area contributed by atoms with E-state index in [2.05, 4.69) is 0 Å². The van der Waals surface area contributed by atoms with Gasteiger partial charge in [-0.15, -0.1) is 0 Å². The van der Waals surface area contributed by atoms with E-state index in [4.69, 9.17) is 9.47 Å². The highest BCUT2D eigenvalue weighted by atomic mass is 32.2. The number of carbonyl (C=O) groups excluding carboxylic acids is 1. The van der Waals surface area contributed by atoms with E-state index in [1.165, 1.54) is 11.1 Å². The molecule has 0 saturated heterocycles. The molecule has 0 fully saturated rings. The van der Waals surface area contributed by atoms with Crippen molar-refractivity contribution < 1.29 is 22.7 Å². The fraction of sp³-hybridized carbons (Fsp3) is 0.269. The van der Waals surface area contributed by atoms with Crippen molar-refractivity contribution in [3.05, 3.63) is 77.5 Å². The summed E-state index contributed by atoms with van der Waals surface area (Å²) in [5.74, 6) is 0.254. The van der Waals surface area contributed by atoms with Gasteiger partial charge in [0.25, 0.3) is 10.0 Å². The Labute approximate surface area is 198 Å². The quantitative estimate of drug-likeness (QED) is 0.422. The van der Waals surface area contributed by atoms with Gasteiger partial charge < -0.3 is 9.47 Å². The molecule has 8 heteroatoms. The van der Waals surface area contributed by atoms with Crippen molar-refractivity contribution in [1.82, 2.24) is 8.87 Å². The summed E-state index contributed by atoms with van der Waals surface area (Å²) < 4.78 is 39.8. The van der Waals surface area contributed by atoms with Gasteiger partial charge in [0.15, 0.2) is 5.54 Å². The second-order valence-electron chi connectivity index (χ2n) is 8.58. The van der Waals surface area contributed by atoms with E-state index in [0.717, 1.165) is 16.5 Å². The summed E-state index contributed by atoms with van der Waals surface area (Å²) in [7, 11) is -0.965. The van der Waals surface area contributed by atoms with E-state index >= 15 is 0 Å². The Hall–Kier alpha value is -3.36. The number of fused-ring (bicyclic) bond motifs is 4. The molecule has 1 unspecified atom stereocenters. The van der Waals surface area contributed by atoms with Gasteiger partial charge >= 0.3 is 5.97 Å². The molecule has 34 heavy (non-hydrogen) atoms. The number of methoxy groups -OCH3 is 2. The maximum absolute atomic E-state index is 13.9. The number of carbonyl (C=O) groups is 1. The molecule has 1 atom stereocenters. The van der Waals surface area contributed by atoms with Crippen LogP contribution >= 0.6 is 0 Å². The predicted octanol–water partition coefficient (Wildman–Crippen LogP) is 3.55. The van der Waals surface area contributed by atoms with Gasteiger partial charge in [0.2, 0.25) is 0 Å². The summed E-state index contributed by atoms with van der Waals surface area (Å²) >= 11 is 0. The zero-order chi connectivity index (χ0) is 24.1. The first-order valence-corrected chi connectivity index (χ1v) is 12.5. The van der Waals surface area contributed by atoms with E-state index in [9.17, 15) is 13.2 Å². The normalized spacial score (nSPS) is 20.9. The Bertz CT molecular complexity index is 1450. The smallest absolute Gasteiger partial charge is 0.334 e. The third-order valence-electron chi connectivity index (χ3n) is 6.70. The first-order chi connectivity index (χ1) is 16.3. The lowest BCUT2D eigenvalue weighted by atomic mass is 9.94. The summed E-state index contributed by atoms with van der Waals surface area (Å²) in [6.45, 7) is 3.08. The maximum Gasteiger partial charge on any atom is 0.334 e. The molecule has 3 heterocycles. The first kappa shape index (κ1) is 22.4. The van der Waals surface area contributed by atoms with Gasteiger partial charge in [0.05, 0.1) is 30.3 Å². The van der Waals surface area contributed by atoms with Gasteiger partial charge in [-0.05, 0) is 61.4 Å². The second kappa shape index (κ2) is 8.14. The third-order valence-corrected chi connectivity index (χ3v) is 8.44. The summed E-state index contributed by atoms with van der Waals surface area (Å²) in [5.41, 5.74) is 1.92. The van der Waals surface area contributed by atoms with Crippen LogP contribution in [0.2, 0.25) is 0 Å². The topological polar surface area (TPSA) is 77.8 Å².